The van der Waals surface area contributed by atoms with Crippen molar-refractivity contribution < 1.29 is 0 Å². The Bertz CT molecular complexity index is 140. The fourth-order valence-corrected chi connectivity index (χ4v) is 0.975. The van der Waals surface area contributed by atoms with Gasteiger partial charge in [-0.05, 0) is 46.5 Å². The Morgan fingerprint density at radius 3 is 2.18 bits per heavy atom. The molecule has 11 heavy (non-hydrogen) atoms. The van der Waals surface area contributed by atoms with Crippen LogP contribution < -0.4 is 0 Å². The van der Waals surface area contributed by atoms with Gasteiger partial charge in [0.2, 0.25) is 0 Å². The summed E-state index contributed by atoms with van der Waals surface area (Å²) in [7, 11) is 0. The van der Waals surface area contributed by atoms with Crippen molar-refractivity contribution in [2.75, 3.05) is 0 Å². The van der Waals surface area contributed by atoms with Crippen LogP contribution in [0.3, 0.4) is 0 Å². The van der Waals surface area contributed by atoms with Crippen LogP contribution in [0.25, 0.3) is 0 Å². The lowest BCUT2D eigenvalue weighted by atomic mass is 10.1. The van der Waals surface area contributed by atoms with Crippen LogP contribution in [-0.2, 0) is 0 Å². The van der Waals surface area contributed by atoms with E-state index in [-0.39, 0.29) is 0 Å². The molecule has 0 aliphatic heterocycles. The van der Waals surface area contributed by atoms with E-state index in [4.69, 9.17) is 0 Å². The second-order valence-corrected chi connectivity index (χ2v) is 3.30. The predicted molar refractivity (Wildman–Crippen MR) is 52.7 cm³/mol. The van der Waals surface area contributed by atoms with E-state index in [0.29, 0.717) is 0 Å². The Balaban J connectivity index is 3.21. The highest BCUT2D eigenvalue weighted by Crippen LogP contribution is 2.10. The minimum Gasteiger partial charge on any atom is -0.100 e. The minimum atomic E-state index is 1.19. The molecule has 0 aliphatic carbocycles. The van der Waals surface area contributed by atoms with E-state index in [9.17, 15) is 0 Å². The second-order valence-electron chi connectivity index (χ2n) is 3.30. The second kappa shape index (κ2) is 6.21. The molecule has 0 aromatic carbocycles. The molecule has 64 valence electrons. The van der Waals surface area contributed by atoms with Gasteiger partial charge in [-0.25, -0.2) is 0 Å². The van der Waals surface area contributed by atoms with Crippen molar-refractivity contribution in [2.45, 2.75) is 46.5 Å². The van der Waals surface area contributed by atoms with Crippen molar-refractivity contribution in [3.63, 3.8) is 0 Å². The van der Waals surface area contributed by atoms with Gasteiger partial charge in [-0.3, -0.25) is 0 Å². The van der Waals surface area contributed by atoms with Crippen LogP contribution >= 0.6 is 0 Å². The molecule has 0 aromatic heterocycles. The molecule has 0 radical (unpaired) electrons. The minimum absolute atomic E-state index is 1.19. The summed E-state index contributed by atoms with van der Waals surface area (Å²) in [5.74, 6) is 0. The summed E-state index contributed by atoms with van der Waals surface area (Å²) in [6.07, 6.45) is 7.24. The van der Waals surface area contributed by atoms with Crippen LogP contribution in [0.2, 0.25) is 0 Å². The molecule has 0 nitrogen and oxygen atoms in total. The molecule has 0 amide bonds. The van der Waals surface area contributed by atoms with Crippen molar-refractivity contribution in [1.82, 2.24) is 0 Å². The Kier molecular flexibility index (Phi) is 5.91. The third kappa shape index (κ3) is 7.38. The zero-order chi connectivity index (χ0) is 8.69. The largest absolute Gasteiger partial charge is 0.100 e. The average Bonchev–Trinajstić information content (AvgIpc) is 1.97. The smallest absolute Gasteiger partial charge is 0.0323 e. The summed E-state index contributed by atoms with van der Waals surface area (Å²) < 4.78 is 0. The van der Waals surface area contributed by atoms with Gasteiger partial charge < -0.3 is 0 Å². The van der Waals surface area contributed by atoms with E-state index in [2.05, 4.69) is 33.4 Å². The quantitative estimate of drug-likeness (QED) is 0.411. The predicted octanol–water partition coefficient (Wildman–Crippen LogP) is 4.09. The number of rotatable bonds is 5. The van der Waals surface area contributed by atoms with Gasteiger partial charge in [0, 0.05) is 0 Å². The Morgan fingerprint density at radius 2 is 1.73 bits per heavy atom. The van der Waals surface area contributed by atoms with Gasteiger partial charge >= 0.3 is 0 Å². The molecule has 0 spiro atoms. The van der Waals surface area contributed by atoms with Gasteiger partial charge in [-0.15, -0.1) is 6.58 Å². The van der Waals surface area contributed by atoms with E-state index in [1.165, 1.54) is 36.8 Å². The lowest BCUT2D eigenvalue weighted by molar-refractivity contribution is 0.725. The molecule has 0 aromatic rings. The van der Waals surface area contributed by atoms with Gasteiger partial charge in [-0.2, -0.15) is 0 Å². The van der Waals surface area contributed by atoms with Crippen LogP contribution in [0.1, 0.15) is 46.5 Å². The van der Waals surface area contributed by atoms with E-state index in [1.807, 2.05) is 0 Å². The van der Waals surface area contributed by atoms with E-state index in [1.54, 1.807) is 0 Å². The van der Waals surface area contributed by atoms with E-state index < -0.39 is 0 Å². The van der Waals surface area contributed by atoms with Crippen LogP contribution in [0.5, 0.6) is 0 Å². The summed E-state index contributed by atoms with van der Waals surface area (Å²) in [4.78, 5) is 0. The molecule has 0 saturated heterocycles. The molecule has 0 aliphatic rings. The van der Waals surface area contributed by atoms with Gasteiger partial charge in [0.1, 0.15) is 0 Å². The maximum absolute atomic E-state index is 3.88. The maximum Gasteiger partial charge on any atom is -0.0323 e. The first kappa shape index (κ1) is 10.5. The molecule has 0 saturated carbocycles. The fraction of sp³-hybridized carbons (Fsp3) is 0.636. The van der Waals surface area contributed by atoms with E-state index in [0.717, 1.165) is 0 Å². The summed E-state index contributed by atoms with van der Waals surface area (Å²) >= 11 is 0. The van der Waals surface area contributed by atoms with E-state index >= 15 is 0 Å². The van der Waals surface area contributed by atoms with Gasteiger partial charge in [-0.1, -0.05) is 17.2 Å². The first-order chi connectivity index (χ1) is 5.16. The highest BCUT2D eigenvalue weighted by Gasteiger charge is 1.90. The molecule has 0 rings (SSSR count). The molecule has 0 N–H and O–H groups in total. The summed E-state index contributed by atoms with van der Waals surface area (Å²) in [5.41, 5.74) is 2.81. The standard InChI is InChI=1S/C11H20/c1-5-11(4)9-7-6-8-10(2)3/h5H,2,6-9H2,1,3-4H3. The molecular weight excluding hydrogens is 132 g/mol. The average molecular weight is 152 g/mol. The number of hydrogen-bond donors (Lipinski definition) is 0. The molecule has 0 unspecified atom stereocenters. The van der Waals surface area contributed by atoms with Gasteiger partial charge in [0.05, 0.1) is 0 Å². The first-order valence-electron chi connectivity index (χ1n) is 4.43. The SMILES string of the molecule is C=C(C)CCCCC(C)=CC. The van der Waals surface area contributed by atoms with Crippen LogP contribution in [-0.4, -0.2) is 0 Å². The zero-order valence-electron chi connectivity index (χ0n) is 8.11. The van der Waals surface area contributed by atoms with Gasteiger partial charge in [0.15, 0.2) is 0 Å². The lowest BCUT2D eigenvalue weighted by Gasteiger charge is -2.00. The lowest BCUT2D eigenvalue weighted by Crippen LogP contribution is -1.80. The first-order valence-corrected chi connectivity index (χ1v) is 4.43. The highest BCUT2D eigenvalue weighted by molar-refractivity contribution is 4.95. The van der Waals surface area contributed by atoms with Crippen molar-refractivity contribution in [1.29, 1.82) is 0 Å². The summed E-state index contributed by atoms with van der Waals surface area (Å²) in [6, 6.07) is 0. The Hall–Kier alpha value is -0.520. The number of allylic oxidation sites excluding steroid dienone is 3. The third-order valence-corrected chi connectivity index (χ3v) is 1.92. The summed E-state index contributed by atoms with van der Waals surface area (Å²) in [6.45, 7) is 10.3. The molecule has 0 atom stereocenters. The molecule has 0 heteroatoms. The third-order valence-electron chi connectivity index (χ3n) is 1.92. The number of unbranched alkanes of at least 4 members (excludes halogenated alkanes) is 1. The molecule has 0 bridgehead atoms. The summed E-state index contributed by atoms with van der Waals surface area (Å²) in [5, 5.41) is 0. The van der Waals surface area contributed by atoms with Crippen molar-refractivity contribution >= 4 is 0 Å². The Morgan fingerprint density at radius 1 is 1.18 bits per heavy atom. The molecular formula is C11H20. The monoisotopic (exact) mass is 152 g/mol. The van der Waals surface area contributed by atoms with Crippen molar-refractivity contribution in [3.05, 3.63) is 23.8 Å². The van der Waals surface area contributed by atoms with Crippen LogP contribution in [0.15, 0.2) is 23.8 Å². The maximum atomic E-state index is 3.88. The van der Waals surface area contributed by atoms with Crippen LogP contribution in [0.4, 0.5) is 0 Å². The normalized spacial score (nSPS) is 11.7. The topological polar surface area (TPSA) is 0 Å². The van der Waals surface area contributed by atoms with Crippen molar-refractivity contribution in [3.8, 4) is 0 Å². The van der Waals surface area contributed by atoms with Crippen LogP contribution in [0, 0.1) is 0 Å². The van der Waals surface area contributed by atoms with Gasteiger partial charge in [0.25, 0.3) is 0 Å². The Labute approximate surface area is 71.0 Å². The molecule has 0 fully saturated rings. The number of hydrogen-bond acceptors (Lipinski definition) is 0. The fourth-order valence-electron chi connectivity index (χ4n) is 0.975. The highest BCUT2D eigenvalue weighted by atomic mass is 14.0. The molecule has 0 heterocycles. The zero-order valence-corrected chi connectivity index (χ0v) is 8.11. The van der Waals surface area contributed by atoms with Crippen molar-refractivity contribution in [2.24, 2.45) is 0 Å².